The van der Waals surface area contributed by atoms with Crippen LogP contribution in [0.3, 0.4) is 0 Å². The first-order valence-corrected chi connectivity index (χ1v) is 11.1. The van der Waals surface area contributed by atoms with Crippen LogP contribution < -0.4 is 4.90 Å². The third-order valence-corrected chi connectivity index (χ3v) is 7.29. The summed E-state index contributed by atoms with van der Waals surface area (Å²) in [4.78, 5) is 15.0. The van der Waals surface area contributed by atoms with E-state index in [1.165, 1.54) is 16.4 Å². The van der Waals surface area contributed by atoms with Gasteiger partial charge in [-0.3, -0.25) is 4.79 Å². The molecule has 28 heavy (non-hydrogen) atoms. The summed E-state index contributed by atoms with van der Waals surface area (Å²) in [5.74, 6) is -0.192. The van der Waals surface area contributed by atoms with Crippen LogP contribution in [0.1, 0.15) is 35.2 Å². The van der Waals surface area contributed by atoms with Gasteiger partial charge in [0.2, 0.25) is 10.0 Å². The molecule has 2 aliphatic rings. The number of aliphatic hydroxyl groups excluding tert-OH is 1. The molecule has 1 atom stereocenters. The van der Waals surface area contributed by atoms with Gasteiger partial charge in [-0.15, -0.1) is 0 Å². The molecule has 0 radical (unpaired) electrons. The van der Waals surface area contributed by atoms with E-state index >= 15 is 0 Å². The van der Waals surface area contributed by atoms with Gasteiger partial charge in [-0.05, 0) is 55.5 Å². The lowest BCUT2D eigenvalue weighted by Crippen LogP contribution is -2.42. The van der Waals surface area contributed by atoms with Gasteiger partial charge < -0.3 is 10.0 Å². The van der Waals surface area contributed by atoms with Crippen molar-refractivity contribution in [3.8, 4) is 0 Å². The molecule has 2 aromatic carbocycles. The number of carbonyl (C=O) groups is 1. The van der Waals surface area contributed by atoms with Crippen LogP contribution in [-0.4, -0.2) is 49.5 Å². The summed E-state index contributed by atoms with van der Waals surface area (Å²) in [6, 6.07) is 14.1. The van der Waals surface area contributed by atoms with E-state index in [0.29, 0.717) is 31.5 Å². The first-order chi connectivity index (χ1) is 13.5. The van der Waals surface area contributed by atoms with E-state index in [-0.39, 0.29) is 17.3 Å². The molecule has 2 aromatic rings. The van der Waals surface area contributed by atoms with Gasteiger partial charge in [-0.2, -0.15) is 4.31 Å². The normalized spacial score (nSPS) is 20.6. The lowest BCUT2D eigenvalue weighted by atomic mass is 10.0. The van der Waals surface area contributed by atoms with Crippen LogP contribution in [0.15, 0.2) is 53.4 Å². The highest BCUT2D eigenvalue weighted by Gasteiger charge is 2.30. The molecule has 4 rings (SSSR count). The molecular weight excluding hydrogens is 376 g/mol. The summed E-state index contributed by atoms with van der Waals surface area (Å²) >= 11 is 0. The molecule has 7 heteroatoms. The first-order valence-electron chi connectivity index (χ1n) is 9.65. The number of nitrogens with zero attached hydrogens (tertiary/aromatic N) is 2. The third-order valence-electron chi connectivity index (χ3n) is 5.43. The number of para-hydroxylation sites is 1. The zero-order chi connectivity index (χ0) is 19.7. The molecule has 0 spiro atoms. The quantitative estimate of drug-likeness (QED) is 0.858. The summed E-state index contributed by atoms with van der Waals surface area (Å²) in [5.41, 5.74) is 2.38. The van der Waals surface area contributed by atoms with Crippen molar-refractivity contribution >= 4 is 21.6 Å². The van der Waals surface area contributed by atoms with Gasteiger partial charge in [0.25, 0.3) is 5.91 Å². The fraction of sp³-hybridized carbons (Fsp3) is 0.381. The van der Waals surface area contributed by atoms with Crippen molar-refractivity contribution in [2.24, 2.45) is 0 Å². The van der Waals surface area contributed by atoms with E-state index in [2.05, 4.69) is 0 Å². The monoisotopic (exact) mass is 400 g/mol. The van der Waals surface area contributed by atoms with E-state index in [9.17, 15) is 18.3 Å². The van der Waals surface area contributed by atoms with E-state index in [0.717, 1.165) is 24.1 Å². The Labute approximate surface area is 165 Å². The largest absolute Gasteiger partial charge is 0.392 e. The van der Waals surface area contributed by atoms with Crippen molar-refractivity contribution in [1.29, 1.82) is 0 Å². The molecule has 1 N–H and O–H groups in total. The second kappa shape index (κ2) is 7.66. The van der Waals surface area contributed by atoms with Crippen molar-refractivity contribution in [2.45, 2.75) is 36.7 Å². The minimum absolute atomic E-state index is 0.0951. The SMILES string of the molecule is O=C(c1cccc(S(=O)(=O)N2CCC[C@H](O)C2)c1)N1CCCc2ccccc21. The lowest BCUT2D eigenvalue weighted by Gasteiger charge is -2.30. The number of carbonyl (C=O) groups excluding carboxylic acids is 1. The molecule has 2 heterocycles. The fourth-order valence-electron chi connectivity index (χ4n) is 3.98. The van der Waals surface area contributed by atoms with Crippen LogP contribution in [0.25, 0.3) is 0 Å². The molecular formula is C21H24N2O4S. The highest BCUT2D eigenvalue weighted by molar-refractivity contribution is 7.89. The predicted molar refractivity (Wildman–Crippen MR) is 107 cm³/mol. The minimum Gasteiger partial charge on any atom is -0.392 e. The standard InChI is InChI=1S/C21H24N2O4S/c24-18-9-5-12-22(15-18)28(26,27)19-10-3-7-17(14-19)21(25)23-13-4-8-16-6-1-2-11-20(16)23/h1-3,6-7,10-11,14,18,24H,4-5,8-9,12-13,15H2/t18-/m0/s1. The van der Waals surface area contributed by atoms with Gasteiger partial charge in [0.05, 0.1) is 11.0 Å². The van der Waals surface area contributed by atoms with Gasteiger partial charge in [0, 0.05) is 30.9 Å². The van der Waals surface area contributed by atoms with Crippen LogP contribution in [-0.2, 0) is 16.4 Å². The Kier molecular flexibility index (Phi) is 5.23. The van der Waals surface area contributed by atoms with Crippen molar-refractivity contribution in [1.82, 2.24) is 4.31 Å². The van der Waals surface area contributed by atoms with Crippen molar-refractivity contribution < 1.29 is 18.3 Å². The van der Waals surface area contributed by atoms with Crippen LogP contribution >= 0.6 is 0 Å². The Bertz CT molecular complexity index is 989. The molecule has 1 fully saturated rings. The number of benzene rings is 2. The maximum atomic E-state index is 13.1. The minimum atomic E-state index is -3.74. The van der Waals surface area contributed by atoms with Gasteiger partial charge in [-0.1, -0.05) is 24.3 Å². The zero-order valence-electron chi connectivity index (χ0n) is 15.6. The first kappa shape index (κ1) is 19.1. The Morgan fingerprint density at radius 1 is 1.04 bits per heavy atom. The average molecular weight is 401 g/mol. The van der Waals surface area contributed by atoms with Gasteiger partial charge in [0.1, 0.15) is 0 Å². The number of fused-ring (bicyclic) bond motifs is 1. The molecule has 6 nitrogen and oxygen atoms in total. The van der Waals surface area contributed by atoms with E-state index < -0.39 is 16.1 Å². The number of aliphatic hydroxyl groups is 1. The van der Waals surface area contributed by atoms with Crippen molar-refractivity contribution in [2.75, 3.05) is 24.5 Å². The molecule has 0 unspecified atom stereocenters. The maximum absolute atomic E-state index is 13.1. The van der Waals surface area contributed by atoms with Crippen molar-refractivity contribution in [3.63, 3.8) is 0 Å². The molecule has 2 aliphatic heterocycles. The highest BCUT2D eigenvalue weighted by atomic mass is 32.2. The van der Waals surface area contributed by atoms with Crippen LogP contribution in [0.2, 0.25) is 0 Å². The van der Waals surface area contributed by atoms with Crippen LogP contribution in [0.4, 0.5) is 5.69 Å². The molecule has 148 valence electrons. The van der Waals surface area contributed by atoms with E-state index in [4.69, 9.17) is 0 Å². The summed E-state index contributed by atoms with van der Waals surface area (Å²) < 4.78 is 27.3. The number of hydrogen-bond acceptors (Lipinski definition) is 4. The maximum Gasteiger partial charge on any atom is 0.258 e. The van der Waals surface area contributed by atoms with Gasteiger partial charge >= 0.3 is 0 Å². The second-order valence-corrected chi connectivity index (χ2v) is 9.31. The number of amides is 1. The summed E-state index contributed by atoms with van der Waals surface area (Å²) in [6.45, 7) is 1.10. The number of piperidine rings is 1. The summed E-state index contributed by atoms with van der Waals surface area (Å²) in [5, 5.41) is 9.83. The van der Waals surface area contributed by atoms with Crippen LogP contribution in [0, 0.1) is 0 Å². The number of β-amino-alcohol motifs (C(OH)–C–C–N with tert-alkyl or cyclic N) is 1. The molecule has 1 saturated heterocycles. The summed E-state index contributed by atoms with van der Waals surface area (Å²) in [6.07, 6.45) is 2.42. The lowest BCUT2D eigenvalue weighted by molar-refractivity contribution is 0.0984. The van der Waals surface area contributed by atoms with E-state index in [1.807, 2.05) is 24.3 Å². The van der Waals surface area contributed by atoms with E-state index in [1.54, 1.807) is 17.0 Å². The number of sulfonamides is 1. The Hall–Kier alpha value is -2.22. The van der Waals surface area contributed by atoms with Gasteiger partial charge in [-0.25, -0.2) is 8.42 Å². The van der Waals surface area contributed by atoms with Crippen LogP contribution in [0.5, 0.6) is 0 Å². The third kappa shape index (κ3) is 3.57. The summed E-state index contributed by atoms with van der Waals surface area (Å²) in [7, 11) is -3.74. The average Bonchev–Trinajstić information content (AvgIpc) is 2.73. The number of anilines is 1. The smallest absolute Gasteiger partial charge is 0.258 e. The Balaban J connectivity index is 1.63. The molecule has 1 amide bonds. The molecule has 0 aliphatic carbocycles. The zero-order valence-corrected chi connectivity index (χ0v) is 16.4. The van der Waals surface area contributed by atoms with Crippen molar-refractivity contribution in [3.05, 3.63) is 59.7 Å². The number of rotatable bonds is 3. The molecule has 0 saturated carbocycles. The molecule has 0 bridgehead atoms. The topological polar surface area (TPSA) is 77.9 Å². The predicted octanol–water partition coefficient (Wildman–Crippen LogP) is 2.43. The fourth-order valence-corrected chi connectivity index (χ4v) is 5.54. The van der Waals surface area contributed by atoms with Gasteiger partial charge in [0.15, 0.2) is 0 Å². The Morgan fingerprint density at radius 3 is 2.68 bits per heavy atom. The Morgan fingerprint density at radius 2 is 1.86 bits per heavy atom. The second-order valence-electron chi connectivity index (χ2n) is 7.38. The molecule has 0 aromatic heterocycles. The number of hydrogen-bond donors (Lipinski definition) is 1. The number of aryl methyl sites for hydroxylation is 1. The highest BCUT2D eigenvalue weighted by Crippen LogP contribution is 2.29.